The summed E-state index contributed by atoms with van der Waals surface area (Å²) < 4.78 is 11.7. The van der Waals surface area contributed by atoms with E-state index in [-0.39, 0.29) is 11.5 Å². The second-order valence-corrected chi connectivity index (χ2v) is 6.54. The lowest BCUT2D eigenvalue weighted by atomic mass is 10.1. The molecule has 28 heavy (non-hydrogen) atoms. The van der Waals surface area contributed by atoms with Crippen molar-refractivity contribution < 1.29 is 9.47 Å². The molecule has 1 aromatic heterocycles. The summed E-state index contributed by atoms with van der Waals surface area (Å²) in [6.07, 6.45) is 1.60. The molecule has 0 bridgehead atoms. The van der Waals surface area contributed by atoms with Gasteiger partial charge in [-0.05, 0) is 40.5 Å². The zero-order chi connectivity index (χ0) is 19.9. The summed E-state index contributed by atoms with van der Waals surface area (Å²) >= 11 is 3.47. The van der Waals surface area contributed by atoms with Crippen molar-refractivity contribution in [2.24, 2.45) is 5.10 Å². The number of benzene rings is 2. The highest BCUT2D eigenvalue weighted by atomic mass is 79.9. The van der Waals surface area contributed by atoms with Gasteiger partial charge in [0.05, 0.1) is 30.1 Å². The predicted octanol–water partition coefficient (Wildman–Crippen LogP) is 4.05. The first kappa shape index (κ1) is 19.6. The topological polar surface area (TPSA) is 88.6 Å². The van der Waals surface area contributed by atoms with E-state index in [0.717, 1.165) is 15.6 Å². The minimum atomic E-state index is -0.267. The number of methoxy groups -OCH3 is 1. The molecule has 0 aliphatic rings. The van der Waals surface area contributed by atoms with Crippen LogP contribution in [-0.2, 0) is 0 Å². The summed E-state index contributed by atoms with van der Waals surface area (Å²) in [5, 5.41) is 4.16. The van der Waals surface area contributed by atoms with E-state index < -0.39 is 0 Å². The van der Waals surface area contributed by atoms with Gasteiger partial charge in [-0.1, -0.05) is 30.3 Å². The first-order valence-corrected chi connectivity index (χ1v) is 9.36. The number of aromatic amines is 1. The molecule has 2 aromatic carbocycles. The van der Waals surface area contributed by atoms with Gasteiger partial charge in [-0.15, -0.1) is 0 Å². The van der Waals surface area contributed by atoms with Crippen molar-refractivity contribution in [1.82, 2.24) is 9.97 Å². The summed E-state index contributed by atoms with van der Waals surface area (Å²) in [5.74, 6) is 1.48. The van der Waals surface area contributed by atoms with Crippen LogP contribution < -0.4 is 20.5 Å². The Hall–Kier alpha value is -3.13. The average Bonchev–Trinajstić information content (AvgIpc) is 2.70. The number of ether oxygens (including phenoxy) is 2. The second-order valence-electron chi connectivity index (χ2n) is 5.68. The minimum absolute atomic E-state index is 0.250. The molecule has 144 valence electrons. The van der Waals surface area contributed by atoms with Crippen LogP contribution in [0.4, 0.5) is 5.95 Å². The molecule has 1 heterocycles. The number of anilines is 1. The number of aromatic nitrogens is 2. The van der Waals surface area contributed by atoms with Crippen LogP contribution in [0.3, 0.4) is 0 Å². The fourth-order valence-electron chi connectivity index (χ4n) is 2.53. The first-order chi connectivity index (χ1) is 13.6. The van der Waals surface area contributed by atoms with Gasteiger partial charge in [0.1, 0.15) is 0 Å². The minimum Gasteiger partial charge on any atom is -0.493 e. The standard InChI is InChI=1S/C20H19BrN4O3/c1-3-28-19-15(21)9-13(10-17(19)27-2)12-22-25-20-23-16(11-18(26)24-20)14-7-5-4-6-8-14/h4-12H,3H2,1-2H3,(H2,23,24,25,26)/b22-12-. The Morgan fingerprint density at radius 1 is 1.25 bits per heavy atom. The number of rotatable bonds is 7. The Morgan fingerprint density at radius 2 is 2.04 bits per heavy atom. The van der Waals surface area contributed by atoms with Crippen molar-refractivity contribution in [1.29, 1.82) is 0 Å². The van der Waals surface area contributed by atoms with Gasteiger partial charge >= 0.3 is 0 Å². The van der Waals surface area contributed by atoms with Crippen LogP contribution in [0.2, 0.25) is 0 Å². The van der Waals surface area contributed by atoms with Gasteiger partial charge in [-0.2, -0.15) is 5.10 Å². The molecule has 0 aliphatic heterocycles. The molecule has 3 aromatic rings. The van der Waals surface area contributed by atoms with Crippen LogP contribution in [0.15, 0.2) is 62.9 Å². The molecule has 0 saturated carbocycles. The molecule has 2 N–H and O–H groups in total. The van der Waals surface area contributed by atoms with E-state index in [2.05, 4.69) is 36.4 Å². The number of hydrogen-bond acceptors (Lipinski definition) is 6. The van der Waals surface area contributed by atoms with Crippen molar-refractivity contribution in [2.75, 3.05) is 19.1 Å². The van der Waals surface area contributed by atoms with Crippen LogP contribution in [0.25, 0.3) is 11.3 Å². The molecular weight excluding hydrogens is 424 g/mol. The Kier molecular flexibility index (Phi) is 6.44. The number of hydrogen-bond donors (Lipinski definition) is 2. The fraction of sp³-hybridized carbons (Fsp3) is 0.150. The summed E-state index contributed by atoms with van der Waals surface area (Å²) in [6, 6.07) is 14.6. The molecule has 7 nitrogen and oxygen atoms in total. The molecule has 0 saturated heterocycles. The molecular formula is C20H19BrN4O3. The van der Waals surface area contributed by atoms with Crippen LogP contribution in [0, 0.1) is 0 Å². The monoisotopic (exact) mass is 442 g/mol. The normalized spacial score (nSPS) is 10.8. The molecule has 0 atom stereocenters. The SMILES string of the molecule is CCOc1c(Br)cc(/C=N\Nc2nc(-c3ccccc3)cc(=O)[nH]2)cc1OC. The number of nitrogens with zero attached hydrogens (tertiary/aromatic N) is 2. The summed E-state index contributed by atoms with van der Waals surface area (Å²) in [6.45, 7) is 2.43. The summed E-state index contributed by atoms with van der Waals surface area (Å²) in [5.41, 5.74) is 4.68. The Balaban J connectivity index is 1.81. The molecule has 0 aliphatic carbocycles. The number of H-pyrrole nitrogens is 1. The number of nitrogens with one attached hydrogen (secondary N) is 2. The largest absolute Gasteiger partial charge is 0.493 e. The van der Waals surface area contributed by atoms with Crippen LogP contribution in [0.1, 0.15) is 12.5 Å². The van der Waals surface area contributed by atoms with Crippen LogP contribution >= 0.6 is 15.9 Å². The van der Waals surface area contributed by atoms with Gasteiger partial charge in [0.15, 0.2) is 11.5 Å². The van der Waals surface area contributed by atoms with Crippen molar-refractivity contribution in [3.05, 3.63) is 68.9 Å². The van der Waals surface area contributed by atoms with Gasteiger partial charge in [0, 0.05) is 11.6 Å². The predicted molar refractivity (Wildman–Crippen MR) is 113 cm³/mol. The maximum atomic E-state index is 11.9. The van der Waals surface area contributed by atoms with Crippen molar-refractivity contribution in [3.63, 3.8) is 0 Å². The van der Waals surface area contributed by atoms with Gasteiger partial charge in [-0.25, -0.2) is 10.4 Å². The van der Waals surface area contributed by atoms with Crippen LogP contribution in [0.5, 0.6) is 11.5 Å². The third-order valence-corrected chi connectivity index (χ3v) is 4.32. The highest BCUT2D eigenvalue weighted by Gasteiger charge is 2.10. The Morgan fingerprint density at radius 3 is 2.75 bits per heavy atom. The van der Waals surface area contributed by atoms with E-state index in [1.807, 2.05) is 43.3 Å². The smallest absolute Gasteiger partial charge is 0.252 e. The van der Waals surface area contributed by atoms with Gasteiger partial charge < -0.3 is 9.47 Å². The van der Waals surface area contributed by atoms with E-state index in [9.17, 15) is 4.79 Å². The molecule has 8 heteroatoms. The quantitative estimate of drug-likeness (QED) is 0.425. The maximum absolute atomic E-state index is 11.9. The number of hydrazone groups is 1. The van der Waals surface area contributed by atoms with Crippen molar-refractivity contribution >= 4 is 28.1 Å². The van der Waals surface area contributed by atoms with Crippen molar-refractivity contribution in [3.8, 4) is 22.8 Å². The second kappa shape index (κ2) is 9.18. The summed E-state index contributed by atoms with van der Waals surface area (Å²) in [7, 11) is 1.58. The molecule has 0 amide bonds. The van der Waals surface area contributed by atoms with E-state index in [1.165, 1.54) is 6.07 Å². The molecule has 0 fully saturated rings. The lowest BCUT2D eigenvalue weighted by molar-refractivity contribution is 0.309. The highest BCUT2D eigenvalue weighted by Crippen LogP contribution is 2.36. The van der Waals surface area contributed by atoms with Crippen molar-refractivity contribution in [2.45, 2.75) is 6.92 Å². The van der Waals surface area contributed by atoms with Gasteiger partial charge in [-0.3, -0.25) is 9.78 Å². The van der Waals surface area contributed by atoms with Crippen LogP contribution in [-0.4, -0.2) is 29.9 Å². The lowest BCUT2D eigenvalue weighted by Crippen LogP contribution is -2.10. The Labute approximate surface area is 170 Å². The average molecular weight is 443 g/mol. The molecule has 0 spiro atoms. The van der Waals surface area contributed by atoms with Gasteiger partial charge in [0.2, 0.25) is 5.95 Å². The third kappa shape index (κ3) is 4.77. The molecule has 0 unspecified atom stereocenters. The van der Waals surface area contributed by atoms with E-state index in [1.54, 1.807) is 19.4 Å². The van der Waals surface area contributed by atoms with E-state index in [4.69, 9.17) is 9.47 Å². The summed E-state index contributed by atoms with van der Waals surface area (Å²) in [4.78, 5) is 18.9. The fourth-order valence-corrected chi connectivity index (χ4v) is 3.11. The highest BCUT2D eigenvalue weighted by molar-refractivity contribution is 9.10. The van der Waals surface area contributed by atoms with Gasteiger partial charge in [0.25, 0.3) is 5.56 Å². The zero-order valence-electron chi connectivity index (χ0n) is 15.4. The molecule has 0 radical (unpaired) electrons. The van der Waals surface area contributed by atoms with E-state index in [0.29, 0.717) is 23.8 Å². The first-order valence-electron chi connectivity index (χ1n) is 8.57. The lowest BCUT2D eigenvalue weighted by Gasteiger charge is -2.12. The molecule has 3 rings (SSSR count). The maximum Gasteiger partial charge on any atom is 0.252 e. The number of halogens is 1. The zero-order valence-corrected chi connectivity index (χ0v) is 17.0. The van der Waals surface area contributed by atoms with E-state index >= 15 is 0 Å². The Bertz CT molecular complexity index is 1040. The third-order valence-electron chi connectivity index (χ3n) is 3.74.